The van der Waals surface area contributed by atoms with Crippen LogP contribution < -0.4 is 20.9 Å². The largest absolute Gasteiger partial charge is 0.493 e. The molecule has 3 aromatic heterocycles. The minimum Gasteiger partial charge on any atom is -0.493 e. The van der Waals surface area contributed by atoms with Crippen LogP contribution in [0.5, 0.6) is 5.75 Å². The first kappa shape index (κ1) is 26.7. The SMILES string of the molecule is Cc1ccc(-n2nc(C(C)(C)C)cc2NC(=O)Nc2ccc(OCCc3cc[nH]c(=O)c3)c3ccccc23)cn1. The predicted molar refractivity (Wildman–Crippen MR) is 158 cm³/mol. The van der Waals surface area contributed by atoms with Crippen LogP contribution >= 0.6 is 0 Å². The van der Waals surface area contributed by atoms with E-state index in [1.807, 2.05) is 67.6 Å². The van der Waals surface area contributed by atoms with Crippen molar-refractivity contribution in [3.8, 4) is 11.4 Å². The molecule has 9 heteroatoms. The van der Waals surface area contributed by atoms with Crippen LogP contribution in [0, 0.1) is 6.92 Å². The third kappa shape index (κ3) is 6.04. The van der Waals surface area contributed by atoms with E-state index in [2.05, 4.69) is 41.4 Å². The zero-order valence-electron chi connectivity index (χ0n) is 23.0. The molecule has 0 aliphatic carbocycles. The number of carbonyl (C=O) groups excluding carboxylic acids is 1. The zero-order chi connectivity index (χ0) is 28.3. The van der Waals surface area contributed by atoms with Crippen molar-refractivity contribution in [3.63, 3.8) is 0 Å². The first-order valence-corrected chi connectivity index (χ1v) is 13.1. The standard InChI is InChI=1S/C31H32N6O3/c1-20-9-10-22(19-33-20)37-28(18-27(36-37)31(2,3)4)35-30(39)34-25-11-12-26(24-8-6-5-7-23(24)25)40-16-14-21-13-15-32-29(38)17-21/h5-13,15,17-19H,14,16H2,1-4H3,(H,32,38)(H2,34,35,39). The summed E-state index contributed by atoms with van der Waals surface area (Å²) in [5.41, 5.74) is 3.70. The zero-order valence-corrected chi connectivity index (χ0v) is 23.0. The van der Waals surface area contributed by atoms with Crippen molar-refractivity contribution in [2.75, 3.05) is 17.2 Å². The quantitative estimate of drug-likeness (QED) is 0.237. The van der Waals surface area contributed by atoms with Gasteiger partial charge in [0, 0.05) is 46.6 Å². The molecule has 9 nitrogen and oxygen atoms in total. The Hall–Kier alpha value is -4.92. The highest BCUT2D eigenvalue weighted by atomic mass is 16.5. The summed E-state index contributed by atoms with van der Waals surface area (Å²) in [5, 5.41) is 12.4. The highest BCUT2D eigenvalue weighted by Crippen LogP contribution is 2.32. The Bertz CT molecular complexity index is 1710. The molecule has 0 bridgehead atoms. The molecule has 0 unspecified atom stereocenters. The van der Waals surface area contributed by atoms with Crippen molar-refractivity contribution >= 4 is 28.3 Å². The van der Waals surface area contributed by atoms with Gasteiger partial charge in [0.05, 0.1) is 29.9 Å². The molecule has 0 fully saturated rings. The number of nitrogens with one attached hydrogen (secondary N) is 3. The number of pyridine rings is 2. The molecule has 0 saturated heterocycles. The van der Waals surface area contributed by atoms with Gasteiger partial charge in [0.15, 0.2) is 0 Å². The van der Waals surface area contributed by atoms with Crippen molar-refractivity contribution < 1.29 is 9.53 Å². The van der Waals surface area contributed by atoms with Crippen molar-refractivity contribution in [2.24, 2.45) is 0 Å². The lowest BCUT2D eigenvalue weighted by Gasteiger charge is -2.14. The smallest absolute Gasteiger partial charge is 0.324 e. The lowest BCUT2D eigenvalue weighted by Crippen LogP contribution is -2.21. The number of amides is 2. The average Bonchev–Trinajstić information content (AvgIpc) is 3.34. The lowest BCUT2D eigenvalue weighted by atomic mass is 9.92. The summed E-state index contributed by atoms with van der Waals surface area (Å²) in [4.78, 5) is 31.8. The van der Waals surface area contributed by atoms with Gasteiger partial charge in [-0.1, -0.05) is 45.0 Å². The van der Waals surface area contributed by atoms with Crippen LogP contribution in [0.2, 0.25) is 0 Å². The van der Waals surface area contributed by atoms with Gasteiger partial charge in [-0.25, -0.2) is 9.48 Å². The monoisotopic (exact) mass is 536 g/mol. The summed E-state index contributed by atoms with van der Waals surface area (Å²) < 4.78 is 7.76. The lowest BCUT2D eigenvalue weighted by molar-refractivity contribution is 0.262. The van der Waals surface area contributed by atoms with Crippen LogP contribution in [0.25, 0.3) is 16.5 Å². The number of fused-ring (bicyclic) bond motifs is 1. The Morgan fingerprint density at radius 1 is 1.00 bits per heavy atom. The maximum absolute atomic E-state index is 13.2. The number of benzene rings is 2. The molecule has 5 rings (SSSR count). The Morgan fingerprint density at radius 2 is 1.80 bits per heavy atom. The van der Waals surface area contributed by atoms with Gasteiger partial charge in [-0.15, -0.1) is 0 Å². The molecule has 0 aliphatic rings. The normalized spacial score (nSPS) is 11.4. The van der Waals surface area contributed by atoms with Crippen molar-refractivity contribution in [1.29, 1.82) is 0 Å². The number of rotatable bonds is 7. The highest BCUT2D eigenvalue weighted by Gasteiger charge is 2.22. The fourth-order valence-corrected chi connectivity index (χ4v) is 4.32. The van der Waals surface area contributed by atoms with Gasteiger partial charge in [0.25, 0.3) is 0 Å². The Kier molecular flexibility index (Phi) is 7.37. The van der Waals surface area contributed by atoms with E-state index in [1.165, 1.54) is 0 Å². The minimum absolute atomic E-state index is 0.134. The van der Waals surface area contributed by atoms with Crippen LogP contribution in [0.3, 0.4) is 0 Å². The van der Waals surface area contributed by atoms with Crippen LogP contribution in [0.1, 0.15) is 37.7 Å². The molecule has 204 valence electrons. The Balaban J connectivity index is 1.35. The summed E-state index contributed by atoms with van der Waals surface area (Å²) >= 11 is 0. The Labute approximate surface area is 232 Å². The number of urea groups is 1. The summed E-state index contributed by atoms with van der Waals surface area (Å²) in [6, 6.07) is 20.2. The predicted octanol–water partition coefficient (Wildman–Crippen LogP) is 5.98. The van der Waals surface area contributed by atoms with E-state index >= 15 is 0 Å². The minimum atomic E-state index is -0.394. The summed E-state index contributed by atoms with van der Waals surface area (Å²) in [6.45, 7) is 8.56. The van der Waals surface area contributed by atoms with E-state index in [0.717, 1.165) is 33.4 Å². The number of aryl methyl sites for hydroxylation is 1. The van der Waals surface area contributed by atoms with Crippen LogP contribution in [-0.4, -0.2) is 32.4 Å². The maximum Gasteiger partial charge on any atom is 0.324 e. The van der Waals surface area contributed by atoms with Crippen molar-refractivity contribution in [3.05, 3.63) is 106 Å². The molecule has 0 radical (unpaired) electrons. The highest BCUT2D eigenvalue weighted by molar-refractivity contribution is 6.07. The fourth-order valence-electron chi connectivity index (χ4n) is 4.32. The van der Waals surface area contributed by atoms with Gasteiger partial charge in [0.1, 0.15) is 11.6 Å². The van der Waals surface area contributed by atoms with Crippen molar-refractivity contribution in [1.82, 2.24) is 19.7 Å². The molecule has 5 aromatic rings. The van der Waals surface area contributed by atoms with E-state index in [-0.39, 0.29) is 11.0 Å². The molecule has 0 atom stereocenters. The third-order valence-electron chi connectivity index (χ3n) is 6.48. The number of nitrogens with zero attached hydrogens (tertiary/aromatic N) is 3. The molecule has 3 N–H and O–H groups in total. The van der Waals surface area contributed by atoms with E-state index in [0.29, 0.717) is 30.3 Å². The topological polar surface area (TPSA) is 114 Å². The fraction of sp³-hybridized carbons (Fsp3) is 0.226. The molecule has 0 saturated carbocycles. The van der Waals surface area contributed by atoms with Gasteiger partial charge in [-0.05, 0) is 42.8 Å². The first-order valence-electron chi connectivity index (χ1n) is 13.1. The van der Waals surface area contributed by atoms with E-state index in [1.54, 1.807) is 23.1 Å². The van der Waals surface area contributed by atoms with Gasteiger partial charge >= 0.3 is 6.03 Å². The van der Waals surface area contributed by atoms with Crippen LogP contribution in [0.4, 0.5) is 16.3 Å². The average molecular weight is 537 g/mol. The molecule has 0 aliphatic heterocycles. The molecule has 2 amide bonds. The number of aromatic amines is 1. The number of carbonyl (C=O) groups is 1. The number of hydrogen-bond donors (Lipinski definition) is 3. The third-order valence-corrected chi connectivity index (χ3v) is 6.48. The van der Waals surface area contributed by atoms with Gasteiger partial charge in [-0.3, -0.25) is 15.1 Å². The molecule has 2 aromatic carbocycles. The first-order chi connectivity index (χ1) is 19.2. The molecule has 0 spiro atoms. The number of anilines is 2. The van der Waals surface area contributed by atoms with Gasteiger partial charge < -0.3 is 15.0 Å². The summed E-state index contributed by atoms with van der Waals surface area (Å²) in [6.07, 6.45) is 3.97. The second kappa shape index (κ2) is 11.1. The van der Waals surface area contributed by atoms with E-state index in [9.17, 15) is 9.59 Å². The molecular weight excluding hydrogens is 504 g/mol. The number of H-pyrrole nitrogens is 1. The summed E-state index contributed by atoms with van der Waals surface area (Å²) in [7, 11) is 0. The van der Waals surface area contributed by atoms with E-state index in [4.69, 9.17) is 9.84 Å². The maximum atomic E-state index is 13.2. The summed E-state index contributed by atoms with van der Waals surface area (Å²) in [5.74, 6) is 1.24. The molecular formula is C31H32N6O3. The van der Waals surface area contributed by atoms with E-state index < -0.39 is 6.03 Å². The number of aromatic nitrogens is 4. The van der Waals surface area contributed by atoms with Gasteiger partial charge in [0.2, 0.25) is 5.56 Å². The van der Waals surface area contributed by atoms with Crippen molar-refractivity contribution in [2.45, 2.75) is 39.5 Å². The second-order valence-electron chi connectivity index (χ2n) is 10.6. The van der Waals surface area contributed by atoms with Crippen LogP contribution in [-0.2, 0) is 11.8 Å². The number of hydrogen-bond acceptors (Lipinski definition) is 5. The molecule has 3 heterocycles. The second-order valence-corrected chi connectivity index (χ2v) is 10.6. The van der Waals surface area contributed by atoms with Crippen LogP contribution in [0.15, 0.2) is 83.9 Å². The van der Waals surface area contributed by atoms with Gasteiger partial charge in [-0.2, -0.15) is 5.10 Å². The Morgan fingerprint density at radius 3 is 2.52 bits per heavy atom. The molecule has 40 heavy (non-hydrogen) atoms. The number of ether oxygens (including phenoxy) is 1.